The van der Waals surface area contributed by atoms with Gasteiger partial charge in [-0.05, 0) is 35.2 Å². The van der Waals surface area contributed by atoms with E-state index in [1.165, 1.54) is 37.1 Å². The first-order valence-corrected chi connectivity index (χ1v) is 8.81. The Morgan fingerprint density at radius 2 is 1.71 bits per heavy atom. The number of rotatable bonds is 5. The molecule has 1 heterocycles. The molecule has 3 aromatic rings. The molecule has 0 amide bonds. The molecule has 6 nitrogen and oxygen atoms in total. The van der Waals surface area contributed by atoms with Gasteiger partial charge in [-0.1, -0.05) is 32.9 Å². The third-order valence-electron chi connectivity index (χ3n) is 4.16. The molecule has 0 unspecified atom stereocenters. The minimum Gasteiger partial charge on any atom is -0.460 e. The van der Waals surface area contributed by atoms with E-state index in [0.717, 1.165) is 0 Å². The molecule has 0 aliphatic rings. The van der Waals surface area contributed by atoms with E-state index in [-0.39, 0.29) is 28.9 Å². The Morgan fingerprint density at radius 1 is 1.04 bits per heavy atom. The van der Waals surface area contributed by atoms with Crippen LogP contribution >= 0.6 is 0 Å². The zero-order chi connectivity index (χ0) is 20.3. The van der Waals surface area contributed by atoms with E-state index in [2.05, 4.69) is 20.8 Å². The summed E-state index contributed by atoms with van der Waals surface area (Å²) in [6, 6.07) is 12.1. The lowest BCUT2D eigenvalue weighted by molar-refractivity contribution is -0.138. The molecular formula is C22H22O6. The summed E-state index contributed by atoms with van der Waals surface area (Å²) >= 11 is 0. The third kappa shape index (κ3) is 4.40. The van der Waals surface area contributed by atoms with E-state index >= 15 is 0 Å². The molecule has 146 valence electrons. The van der Waals surface area contributed by atoms with Crippen LogP contribution in [0.4, 0.5) is 0 Å². The van der Waals surface area contributed by atoms with Crippen molar-refractivity contribution >= 4 is 16.9 Å². The number of carbonyl (C=O) groups is 1. The molecule has 0 spiro atoms. The highest BCUT2D eigenvalue weighted by Crippen LogP contribution is 2.27. The number of fused-ring (bicyclic) bond motifs is 1. The number of carbonyl (C=O) groups excluding carboxylic acids is 1. The molecule has 0 saturated carbocycles. The Bertz CT molecular complexity index is 1040. The van der Waals surface area contributed by atoms with Crippen molar-refractivity contribution in [1.82, 2.24) is 0 Å². The summed E-state index contributed by atoms with van der Waals surface area (Å²) in [5.41, 5.74) is 1.19. The average Bonchev–Trinajstić information content (AvgIpc) is 2.64. The van der Waals surface area contributed by atoms with Crippen LogP contribution in [-0.2, 0) is 14.9 Å². The summed E-state index contributed by atoms with van der Waals surface area (Å²) in [6.07, 6.45) is 1.25. The van der Waals surface area contributed by atoms with Gasteiger partial charge in [0.25, 0.3) is 0 Å². The molecule has 0 N–H and O–H groups in total. The SMILES string of the molecule is COCC(=O)Oc1ccc2c(=O)c(Oc3ccc(C(C)(C)C)cc3)coc2c1. The van der Waals surface area contributed by atoms with Gasteiger partial charge in [-0.15, -0.1) is 0 Å². The van der Waals surface area contributed by atoms with Crippen LogP contribution in [0, 0.1) is 0 Å². The zero-order valence-corrected chi connectivity index (χ0v) is 16.3. The van der Waals surface area contributed by atoms with Gasteiger partial charge < -0.3 is 18.6 Å². The van der Waals surface area contributed by atoms with Crippen LogP contribution in [0.3, 0.4) is 0 Å². The molecule has 1 aromatic heterocycles. The largest absolute Gasteiger partial charge is 0.460 e. The summed E-state index contributed by atoms with van der Waals surface area (Å²) in [4.78, 5) is 24.2. The Kier molecular flexibility index (Phi) is 5.51. The first-order chi connectivity index (χ1) is 13.3. The molecule has 0 saturated heterocycles. The zero-order valence-electron chi connectivity index (χ0n) is 16.3. The van der Waals surface area contributed by atoms with Gasteiger partial charge >= 0.3 is 5.97 Å². The van der Waals surface area contributed by atoms with Gasteiger partial charge in [-0.3, -0.25) is 4.79 Å². The highest BCUT2D eigenvalue weighted by atomic mass is 16.6. The van der Waals surface area contributed by atoms with Crippen LogP contribution in [0.5, 0.6) is 17.2 Å². The topological polar surface area (TPSA) is 75.0 Å². The summed E-state index contributed by atoms with van der Waals surface area (Å²) in [7, 11) is 1.40. The fraction of sp³-hybridized carbons (Fsp3) is 0.273. The van der Waals surface area contributed by atoms with Crippen molar-refractivity contribution in [2.45, 2.75) is 26.2 Å². The molecule has 0 bridgehead atoms. The van der Waals surface area contributed by atoms with Crippen LogP contribution in [0.15, 0.2) is 57.9 Å². The number of hydrogen-bond acceptors (Lipinski definition) is 6. The van der Waals surface area contributed by atoms with Crippen molar-refractivity contribution in [3.8, 4) is 17.2 Å². The second kappa shape index (κ2) is 7.86. The molecule has 0 aliphatic carbocycles. The average molecular weight is 382 g/mol. The lowest BCUT2D eigenvalue weighted by atomic mass is 9.87. The van der Waals surface area contributed by atoms with E-state index in [1.54, 1.807) is 0 Å². The van der Waals surface area contributed by atoms with Gasteiger partial charge in [0.15, 0.2) is 0 Å². The summed E-state index contributed by atoms with van der Waals surface area (Å²) in [5, 5.41) is 0.329. The van der Waals surface area contributed by atoms with Crippen LogP contribution in [-0.4, -0.2) is 19.7 Å². The Labute approximate surface area is 162 Å². The quantitative estimate of drug-likeness (QED) is 0.480. The normalized spacial score (nSPS) is 11.4. The molecule has 28 heavy (non-hydrogen) atoms. The predicted molar refractivity (Wildman–Crippen MR) is 105 cm³/mol. The third-order valence-corrected chi connectivity index (χ3v) is 4.16. The highest BCUT2D eigenvalue weighted by Gasteiger charge is 2.15. The number of ether oxygens (including phenoxy) is 3. The van der Waals surface area contributed by atoms with E-state index in [9.17, 15) is 9.59 Å². The molecule has 0 atom stereocenters. The lowest BCUT2D eigenvalue weighted by Crippen LogP contribution is -2.14. The van der Waals surface area contributed by atoms with Crippen molar-refractivity contribution < 1.29 is 23.4 Å². The maximum atomic E-state index is 12.7. The van der Waals surface area contributed by atoms with Gasteiger partial charge in [0, 0.05) is 13.2 Å². The number of benzene rings is 2. The second-order valence-corrected chi connectivity index (χ2v) is 7.37. The lowest BCUT2D eigenvalue weighted by Gasteiger charge is -2.19. The minimum absolute atomic E-state index is 0.0327. The van der Waals surface area contributed by atoms with Crippen molar-refractivity contribution in [3.05, 3.63) is 64.5 Å². The maximum Gasteiger partial charge on any atom is 0.337 e. The first kappa shape index (κ1) is 19.6. The number of methoxy groups -OCH3 is 1. The smallest absolute Gasteiger partial charge is 0.337 e. The van der Waals surface area contributed by atoms with Crippen LogP contribution < -0.4 is 14.9 Å². The molecular weight excluding hydrogens is 360 g/mol. The van der Waals surface area contributed by atoms with Gasteiger partial charge in [0.05, 0.1) is 5.39 Å². The highest BCUT2D eigenvalue weighted by molar-refractivity contribution is 5.81. The van der Waals surface area contributed by atoms with Crippen molar-refractivity contribution in [2.75, 3.05) is 13.7 Å². The van der Waals surface area contributed by atoms with E-state index in [1.807, 2.05) is 24.3 Å². The number of esters is 1. The standard InChI is InChI=1S/C22H22O6/c1-22(2,3)14-5-7-15(8-6-14)27-19-12-26-18-11-16(28-20(23)13-25-4)9-10-17(18)21(19)24/h5-12H,13H2,1-4H3. The first-order valence-electron chi connectivity index (χ1n) is 8.81. The fourth-order valence-corrected chi connectivity index (χ4v) is 2.65. The maximum absolute atomic E-state index is 12.7. The summed E-state index contributed by atoms with van der Waals surface area (Å²) in [6.45, 7) is 6.22. The molecule has 0 aliphatic heterocycles. The Balaban J connectivity index is 1.84. The molecule has 3 rings (SSSR count). The summed E-state index contributed by atoms with van der Waals surface area (Å²) < 4.78 is 21.0. The number of hydrogen-bond donors (Lipinski definition) is 0. The molecule has 0 radical (unpaired) electrons. The van der Waals surface area contributed by atoms with Crippen molar-refractivity contribution in [2.24, 2.45) is 0 Å². The molecule has 0 fully saturated rings. The van der Waals surface area contributed by atoms with E-state index in [4.69, 9.17) is 18.6 Å². The van der Waals surface area contributed by atoms with Gasteiger partial charge in [-0.2, -0.15) is 0 Å². The van der Waals surface area contributed by atoms with E-state index in [0.29, 0.717) is 16.7 Å². The predicted octanol–water partition coefficient (Wildman–Crippen LogP) is 4.43. The van der Waals surface area contributed by atoms with Gasteiger partial charge in [0.2, 0.25) is 11.2 Å². The minimum atomic E-state index is -0.539. The monoisotopic (exact) mass is 382 g/mol. The van der Waals surface area contributed by atoms with E-state index < -0.39 is 5.97 Å². The van der Waals surface area contributed by atoms with Gasteiger partial charge in [-0.25, -0.2) is 4.79 Å². The Morgan fingerprint density at radius 3 is 2.36 bits per heavy atom. The van der Waals surface area contributed by atoms with Crippen LogP contribution in [0.2, 0.25) is 0 Å². The molecule has 6 heteroatoms. The molecule has 2 aromatic carbocycles. The fourth-order valence-electron chi connectivity index (χ4n) is 2.65. The summed E-state index contributed by atoms with van der Waals surface area (Å²) in [5.74, 6) is 0.358. The Hall–Kier alpha value is -3.12. The van der Waals surface area contributed by atoms with Crippen molar-refractivity contribution in [1.29, 1.82) is 0 Å². The van der Waals surface area contributed by atoms with Crippen LogP contribution in [0.1, 0.15) is 26.3 Å². The van der Waals surface area contributed by atoms with Crippen molar-refractivity contribution in [3.63, 3.8) is 0 Å². The second-order valence-electron chi connectivity index (χ2n) is 7.37. The van der Waals surface area contributed by atoms with Gasteiger partial charge in [0.1, 0.15) is 30.0 Å². The van der Waals surface area contributed by atoms with Crippen LogP contribution in [0.25, 0.3) is 11.0 Å².